The molecule has 0 fully saturated rings. The maximum Gasteiger partial charge on any atom is 0.409 e. The number of carbonyl (C=O) groups is 1. The van der Waals surface area contributed by atoms with Gasteiger partial charge in [-0.3, -0.25) is 0 Å². The minimum absolute atomic E-state index is 0. The summed E-state index contributed by atoms with van der Waals surface area (Å²) in [5, 5.41) is 0. The third-order valence-electron chi connectivity index (χ3n) is 2.09. The fourth-order valence-corrected chi connectivity index (χ4v) is 1.21. The number of ether oxygens (including phenoxy) is 1. The molecule has 0 rings (SSSR count). The van der Waals surface area contributed by atoms with Gasteiger partial charge in [0, 0.05) is 37.0 Å². The van der Waals surface area contributed by atoms with E-state index in [2.05, 4.69) is 13.8 Å². The summed E-state index contributed by atoms with van der Waals surface area (Å²) in [5.74, 6) is 0. The summed E-state index contributed by atoms with van der Waals surface area (Å²) in [6, 6.07) is 0. The van der Waals surface area contributed by atoms with Gasteiger partial charge in [0.25, 0.3) is 0 Å². The normalized spacial score (nSPS) is 9.27. The first-order valence-electron chi connectivity index (χ1n) is 5.67. The van der Waals surface area contributed by atoms with Gasteiger partial charge >= 0.3 is 6.09 Å². The van der Waals surface area contributed by atoms with E-state index in [1.807, 2.05) is 11.8 Å². The van der Waals surface area contributed by atoms with Gasteiger partial charge in [-0.25, -0.2) is 4.79 Å². The van der Waals surface area contributed by atoms with Crippen LogP contribution in [0.4, 0.5) is 4.79 Å². The van der Waals surface area contributed by atoms with Crippen molar-refractivity contribution in [3.63, 3.8) is 0 Å². The molecule has 0 unspecified atom stereocenters. The van der Waals surface area contributed by atoms with Crippen molar-refractivity contribution in [1.82, 2.24) is 4.90 Å². The molecule has 0 saturated heterocycles. The molecule has 4 radical (unpaired) electrons. The number of nitrogens with zero attached hydrogens (tertiary/aromatic N) is 1. The fraction of sp³-hybridized carbons (Fsp3) is 0.909. The molecule has 4 heteroatoms. The van der Waals surface area contributed by atoms with Gasteiger partial charge in [0.15, 0.2) is 0 Å². The number of carbonyl (C=O) groups excluding carboxylic acids is 1. The zero-order chi connectivity index (χ0) is 10.8. The van der Waals surface area contributed by atoms with Crippen molar-refractivity contribution in [2.45, 2.75) is 46.5 Å². The minimum atomic E-state index is -0.158. The summed E-state index contributed by atoms with van der Waals surface area (Å²) in [6.45, 7) is 8.22. The van der Waals surface area contributed by atoms with E-state index >= 15 is 0 Å². The first-order valence-corrected chi connectivity index (χ1v) is 5.67. The molecule has 0 aromatic rings. The largest absolute Gasteiger partial charge is 0.450 e. The van der Waals surface area contributed by atoms with Gasteiger partial charge < -0.3 is 9.64 Å². The van der Waals surface area contributed by atoms with Crippen molar-refractivity contribution < 1.29 is 9.53 Å². The van der Waals surface area contributed by atoms with Crippen LogP contribution in [-0.4, -0.2) is 54.6 Å². The summed E-state index contributed by atoms with van der Waals surface area (Å²) >= 11 is 0. The summed E-state index contributed by atoms with van der Waals surface area (Å²) in [7, 11) is 0. The van der Waals surface area contributed by atoms with E-state index in [4.69, 9.17) is 4.74 Å². The molecule has 0 aromatic heterocycles. The Hall–Kier alpha value is 0.0687. The number of hydrogen-bond acceptors (Lipinski definition) is 2. The number of rotatable bonds is 7. The average molecular weight is 320 g/mol. The molecule has 0 saturated carbocycles. The zero-order valence-corrected chi connectivity index (χ0v) is 13.1. The van der Waals surface area contributed by atoms with Crippen LogP contribution in [0.25, 0.3) is 0 Å². The van der Waals surface area contributed by atoms with Crippen LogP contribution in [0.5, 0.6) is 0 Å². The predicted octanol–water partition coefficient (Wildman–Crippen LogP) is 2.66. The molecule has 0 N–H and O–H groups in total. The summed E-state index contributed by atoms with van der Waals surface area (Å²) in [4.78, 5) is 13.3. The topological polar surface area (TPSA) is 29.5 Å². The molecule has 1 amide bonds. The van der Waals surface area contributed by atoms with E-state index in [-0.39, 0.29) is 30.0 Å². The van der Waals surface area contributed by atoms with Gasteiger partial charge in [-0.1, -0.05) is 26.7 Å². The van der Waals surface area contributed by atoms with E-state index in [9.17, 15) is 4.79 Å². The molecule has 0 spiro atoms. The quantitative estimate of drug-likeness (QED) is 0.675. The third kappa shape index (κ3) is 9.02. The Labute approximate surface area is 111 Å². The van der Waals surface area contributed by atoms with Crippen molar-refractivity contribution in [3.8, 4) is 0 Å². The molecular formula is C11H23NO2Sn. The molecule has 0 bridgehead atoms. The van der Waals surface area contributed by atoms with Crippen LogP contribution in [0.3, 0.4) is 0 Å². The Kier molecular flexibility index (Phi) is 14.1. The Morgan fingerprint density at radius 3 is 1.87 bits per heavy atom. The Bertz CT molecular complexity index is 146. The first kappa shape index (κ1) is 17.5. The smallest absolute Gasteiger partial charge is 0.409 e. The molecular weight excluding hydrogens is 297 g/mol. The second kappa shape index (κ2) is 12.1. The molecule has 88 valence electrons. The van der Waals surface area contributed by atoms with Crippen molar-refractivity contribution >= 4 is 30.0 Å². The minimum Gasteiger partial charge on any atom is -0.450 e. The SMILES string of the molecule is CCCCN(CCCC)C(=O)OCC.[Sn]. The van der Waals surface area contributed by atoms with Crippen LogP contribution in [-0.2, 0) is 4.74 Å². The van der Waals surface area contributed by atoms with Crippen LogP contribution < -0.4 is 0 Å². The molecule has 0 atom stereocenters. The summed E-state index contributed by atoms with van der Waals surface area (Å²) < 4.78 is 4.99. The second-order valence-corrected chi connectivity index (χ2v) is 3.39. The van der Waals surface area contributed by atoms with Crippen molar-refractivity contribution in [2.24, 2.45) is 0 Å². The summed E-state index contributed by atoms with van der Waals surface area (Å²) in [6.07, 6.45) is 4.18. The molecule has 0 aromatic carbocycles. The van der Waals surface area contributed by atoms with Gasteiger partial charge in [0.2, 0.25) is 0 Å². The average Bonchev–Trinajstić information content (AvgIpc) is 2.18. The van der Waals surface area contributed by atoms with E-state index < -0.39 is 0 Å². The van der Waals surface area contributed by atoms with Crippen LogP contribution >= 0.6 is 0 Å². The second-order valence-electron chi connectivity index (χ2n) is 3.39. The van der Waals surface area contributed by atoms with Crippen LogP contribution in [0, 0.1) is 0 Å². The van der Waals surface area contributed by atoms with Gasteiger partial charge in [0.1, 0.15) is 0 Å². The number of unbranched alkanes of at least 4 members (excludes halogenated alkanes) is 2. The van der Waals surface area contributed by atoms with Crippen molar-refractivity contribution in [1.29, 1.82) is 0 Å². The standard InChI is InChI=1S/C11H23NO2.Sn/c1-4-7-9-12(10-8-5-2)11(13)14-6-3;/h4-10H2,1-3H3;. The molecule has 0 heterocycles. The van der Waals surface area contributed by atoms with Crippen LogP contribution in [0.2, 0.25) is 0 Å². The van der Waals surface area contributed by atoms with E-state index in [0.717, 1.165) is 38.8 Å². The number of amides is 1. The van der Waals surface area contributed by atoms with Gasteiger partial charge in [-0.05, 0) is 19.8 Å². The maximum absolute atomic E-state index is 11.5. The van der Waals surface area contributed by atoms with Crippen molar-refractivity contribution in [2.75, 3.05) is 19.7 Å². The molecule has 15 heavy (non-hydrogen) atoms. The monoisotopic (exact) mass is 321 g/mol. The maximum atomic E-state index is 11.5. The van der Waals surface area contributed by atoms with Crippen LogP contribution in [0.1, 0.15) is 46.5 Å². The zero-order valence-electron chi connectivity index (χ0n) is 10.2. The van der Waals surface area contributed by atoms with Crippen molar-refractivity contribution in [3.05, 3.63) is 0 Å². The predicted molar refractivity (Wildman–Crippen MR) is 64.2 cm³/mol. The molecule has 0 aliphatic carbocycles. The van der Waals surface area contributed by atoms with Crippen LogP contribution in [0.15, 0.2) is 0 Å². The number of hydrogen-bond donors (Lipinski definition) is 0. The Morgan fingerprint density at radius 2 is 1.53 bits per heavy atom. The molecule has 0 aliphatic heterocycles. The first-order chi connectivity index (χ1) is 6.76. The summed E-state index contributed by atoms with van der Waals surface area (Å²) in [5.41, 5.74) is 0. The third-order valence-corrected chi connectivity index (χ3v) is 2.09. The fourth-order valence-electron chi connectivity index (χ4n) is 1.21. The van der Waals surface area contributed by atoms with Gasteiger partial charge in [-0.2, -0.15) is 0 Å². The van der Waals surface area contributed by atoms with Gasteiger partial charge in [-0.15, -0.1) is 0 Å². The Morgan fingerprint density at radius 1 is 1.07 bits per heavy atom. The van der Waals surface area contributed by atoms with E-state index in [1.165, 1.54) is 0 Å². The molecule has 3 nitrogen and oxygen atoms in total. The Balaban J connectivity index is 0. The molecule has 0 aliphatic rings. The van der Waals surface area contributed by atoms with E-state index in [0.29, 0.717) is 6.61 Å². The van der Waals surface area contributed by atoms with Gasteiger partial charge in [0.05, 0.1) is 6.61 Å². The van der Waals surface area contributed by atoms with E-state index in [1.54, 1.807) is 0 Å².